The van der Waals surface area contributed by atoms with Gasteiger partial charge < -0.3 is 9.30 Å². The van der Waals surface area contributed by atoms with Crippen LogP contribution in [0.2, 0.25) is 0 Å². The first kappa shape index (κ1) is 15.9. The van der Waals surface area contributed by atoms with Gasteiger partial charge in [0.2, 0.25) is 0 Å². The monoisotopic (exact) mass is 302 g/mol. The summed E-state index contributed by atoms with van der Waals surface area (Å²) in [4.78, 5) is 0. The van der Waals surface area contributed by atoms with Crippen LogP contribution >= 0.6 is 0 Å². The zero-order valence-corrected chi connectivity index (χ0v) is 10.8. The number of primary sulfonamides is 1. The maximum atomic E-state index is 11.8. The molecular weight excluding hydrogens is 289 g/mol. The summed E-state index contributed by atoms with van der Waals surface area (Å²) in [5.74, 6) is 0.202. The van der Waals surface area contributed by atoms with Crippen LogP contribution < -0.4 is 5.14 Å². The first-order chi connectivity index (χ1) is 8.65. The van der Waals surface area contributed by atoms with E-state index in [9.17, 15) is 21.6 Å². The predicted molar refractivity (Wildman–Crippen MR) is 57.6 cm³/mol. The zero-order chi connectivity index (χ0) is 14.7. The highest BCUT2D eigenvalue weighted by atomic mass is 32.2. The van der Waals surface area contributed by atoms with E-state index < -0.39 is 28.0 Å². The summed E-state index contributed by atoms with van der Waals surface area (Å²) in [6.07, 6.45) is -4.39. The molecule has 0 saturated heterocycles. The molecule has 0 radical (unpaired) electrons. The summed E-state index contributed by atoms with van der Waals surface area (Å²) < 4.78 is 63.4. The molecule has 0 amide bonds. The quantitative estimate of drug-likeness (QED) is 0.749. The minimum Gasteiger partial charge on any atom is -0.372 e. The van der Waals surface area contributed by atoms with Gasteiger partial charge in [-0.3, -0.25) is 0 Å². The molecule has 1 rings (SSSR count). The van der Waals surface area contributed by atoms with Gasteiger partial charge in [0.05, 0.1) is 6.61 Å². The molecule has 0 aliphatic rings. The molecule has 0 aromatic carbocycles. The van der Waals surface area contributed by atoms with Gasteiger partial charge in [-0.25, -0.2) is 13.6 Å². The van der Waals surface area contributed by atoms with Crippen molar-refractivity contribution < 1.29 is 26.3 Å². The molecule has 1 aromatic rings. The van der Waals surface area contributed by atoms with Gasteiger partial charge in [0.1, 0.15) is 12.4 Å². The molecule has 0 spiro atoms. The Kier molecular flexibility index (Phi) is 4.87. The number of ether oxygens (including phenoxy) is 1. The summed E-state index contributed by atoms with van der Waals surface area (Å²) in [6, 6.07) is 0. The maximum Gasteiger partial charge on any atom is 0.411 e. The molecule has 0 fully saturated rings. The first-order valence-electron chi connectivity index (χ1n) is 5.24. The predicted octanol–water partition coefficient (Wildman–Crippen LogP) is 0.0668. The van der Waals surface area contributed by atoms with Gasteiger partial charge in [0.15, 0.2) is 0 Å². The number of hydrogen-bond donors (Lipinski definition) is 1. The third-order valence-corrected chi connectivity index (χ3v) is 2.91. The lowest BCUT2D eigenvalue weighted by Gasteiger charge is -2.08. The number of nitrogens with zero attached hydrogens (tertiary/aromatic N) is 3. The topological polar surface area (TPSA) is 100 Å². The second-order valence-corrected chi connectivity index (χ2v) is 5.06. The molecule has 110 valence electrons. The Hall–Kier alpha value is -1.20. The van der Waals surface area contributed by atoms with Gasteiger partial charge in [0.25, 0.3) is 15.2 Å². The summed E-state index contributed by atoms with van der Waals surface area (Å²) >= 11 is 0. The van der Waals surface area contributed by atoms with E-state index in [0.29, 0.717) is 0 Å². The fourth-order valence-corrected chi connectivity index (χ4v) is 2.08. The fraction of sp³-hybridized carbons (Fsp3) is 0.750. The number of halogens is 3. The summed E-state index contributed by atoms with van der Waals surface area (Å²) in [6.45, 7) is 0.253. The second-order valence-electron chi connectivity index (χ2n) is 3.61. The van der Waals surface area contributed by atoms with E-state index in [1.54, 1.807) is 6.92 Å². The second kappa shape index (κ2) is 5.84. The van der Waals surface area contributed by atoms with E-state index >= 15 is 0 Å². The third kappa shape index (κ3) is 4.76. The summed E-state index contributed by atoms with van der Waals surface area (Å²) in [5, 5.41) is 11.5. The van der Waals surface area contributed by atoms with Crippen molar-refractivity contribution >= 4 is 10.0 Å². The average Bonchev–Trinajstić information content (AvgIpc) is 2.65. The molecule has 0 saturated carbocycles. The van der Waals surface area contributed by atoms with Gasteiger partial charge in [-0.2, -0.15) is 13.2 Å². The minimum atomic E-state index is -4.40. The Morgan fingerprint density at radius 3 is 2.47 bits per heavy atom. The van der Waals surface area contributed by atoms with Crippen LogP contribution in [-0.2, 0) is 27.7 Å². The average molecular weight is 302 g/mol. The van der Waals surface area contributed by atoms with Crippen molar-refractivity contribution in [2.45, 2.75) is 31.2 Å². The summed E-state index contributed by atoms with van der Waals surface area (Å²) in [7, 11) is -4.01. The maximum absolute atomic E-state index is 11.8. The van der Waals surface area contributed by atoms with Crippen molar-refractivity contribution in [2.24, 2.45) is 5.14 Å². The van der Waals surface area contributed by atoms with E-state index in [2.05, 4.69) is 14.9 Å². The Labute approximate surface area is 107 Å². The van der Waals surface area contributed by atoms with Gasteiger partial charge >= 0.3 is 6.18 Å². The number of nitrogens with two attached hydrogens (primary N) is 1. The molecule has 0 unspecified atom stereocenters. The number of alkyl halides is 3. The van der Waals surface area contributed by atoms with Crippen LogP contribution in [-0.4, -0.2) is 42.6 Å². The van der Waals surface area contributed by atoms with Crippen molar-refractivity contribution in [3.8, 4) is 0 Å². The normalized spacial score (nSPS) is 12.9. The fourth-order valence-electron chi connectivity index (χ4n) is 1.38. The highest BCUT2D eigenvalue weighted by molar-refractivity contribution is 7.89. The number of aromatic nitrogens is 3. The highest BCUT2D eigenvalue weighted by Crippen LogP contribution is 2.14. The Balaban J connectivity index is 2.68. The Morgan fingerprint density at radius 1 is 1.37 bits per heavy atom. The Morgan fingerprint density at radius 2 is 2.00 bits per heavy atom. The number of hydrogen-bond acceptors (Lipinski definition) is 5. The van der Waals surface area contributed by atoms with E-state index in [1.807, 2.05) is 0 Å². The molecule has 1 heterocycles. The van der Waals surface area contributed by atoms with Crippen LogP contribution in [0.25, 0.3) is 0 Å². The molecule has 11 heteroatoms. The summed E-state index contributed by atoms with van der Waals surface area (Å²) in [5.41, 5.74) is 0. The molecule has 0 aliphatic carbocycles. The number of rotatable bonds is 6. The lowest BCUT2D eigenvalue weighted by molar-refractivity contribution is -0.173. The lowest BCUT2D eigenvalue weighted by Crippen LogP contribution is -2.20. The highest BCUT2D eigenvalue weighted by Gasteiger charge is 2.27. The molecule has 2 N–H and O–H groups in total. The smallest absolute Gasteiger partial charge is 0.372 e. The van der Waals surface area contributed by atoms with Crippen molar-refractivity contribution in [2.75, 3.05) is 13.2 Å². The van der Waals surface area contributed by atoms with Crippen LogP contribution in [0.5, 0.6) is 0 Å². The van der Waals surface area contributed by atoms with Gasteiger partial charge in [-0.15, -0.1) is 10.2 Å². The van der Waals surface area contributed by atoms with Crippen LogP contribution in [0.15, 0.2) is 5.16 Å². The van der Waals surface area contributed by atoms with Crippen LogP contribution in [0, 0.1) is 0 Å². The number of sulfonamides is 1. The molecular formula is C8H13F3N4O3S. The molecule has 7 nitrogen and oxygen atoms in total. The van der Waals surface area contributed by atoms with Crippen LogP contribution in [0.4, 0.5) is 13.2 Å². The third-order valence-electron chi connectivity index (χ3n) is 2.10. The largest absolute Gasteiger partial charge is 0.411 e. The van der Waals surface area contributed by atoms with Crippen molar-refractivity contribution in [1.82, 2.24) is 14.8 Å². The van der Waals surface area contributed by atoms with Crippen molar-refractivity contribution in [1.29, 1.82) is 0 Å². The molecule has 0 aliphatic heterocycles. The Bertz CT molecular complexity index is 526. The van der Waals surface area contributed by atoms with Crippen LogP contribution in [0.3, 0.4) is 0 Å². The zero-order valence-electron chi connectivity index (χ0n) is 10.0. The molecule has 0 bridgehead atoms. The first-order valence-corrected chi connectivity index (χ1v) is 6.79. The standard InChI is InChI=1S/C8H13F3N4O3S/c1-2-15-6(3-4-18-5-8(9,10)11)13-14-7(15)19(12,16)17/h2-5H2,1H3,(H2,12,16,17). The minimum absolute atomic E-state index is 0.00639. The molecule has 19 heavy (non-hydrogen) atoms. The molecule has 1 aromatic heterocycles. The van der Waals surface area contributed by atoms with Gasteiger partial charge in [-0.1, -0.05) is 0 Å². The molecule has 0 atom stereocenters. The van der Waals surface area contributed by atoms with Crippen LogP contribution in [0.1, 0.15) is 12.7 Å². The van der Waals surface area contributed by atoms with E-state index in [1.165, 1.54) is 4.57 Å². The van der Waals surface area contributed by atoms with E-state index in [4.69, 9.17) is 5.14 Å². The van der Waals surface area contributed by atoms with E-state index in [-0.39, 0.29) is 25.4 Å². The van der Waals surface area contributed by atoms with Crippen molar-refractivity contribution in [3.63, 3.8) is 0 Å². The lowest BCUT2D eigenvalue weighted by atomic mass is 10.4. The van der Waals surface area contributed by atoms with Crippen molar-refractivity contribution in [3.05, 3.63) is 5.82 Å². The SMILES string of the molecule is CCn1c(CCOCC(F)(F)F)nnc1S(N)(=O)=O. The van der Waals surface area contributed by atoms with Gasteiger partial charge in [0, 0.05) is 13.0 Å². The van der Waals surface area contributed by atoms with E-state index in [0.717, 1.165) is 0 Å². The van der Waals surface area contributed by atoms with Gasteiger partial charge in [-0.05, 0) is 6.92 Å².